The van der Waals surface area contributed by atoms with Gasteiger partial charge < -0.3 is 5.73 Å². The largest absolute Gasteiger partial charge is 0.399 e. The second-order valence-electron chi connectivity index (χ2n) is 4.43. The standard InChI is InChI=1S/C12H15Br2N3O2S/c1-8(2)17(5-3-4-15)20(18,19)12-10(13)6-9(16)7-11(12)14/h6-8H,3,5,16H2,1-2H3. The summed E-state index contributed by atoms with van der Waals surface area (Å²) < 4.78 is 27.6. The van der Waals surface area contributed by atoms with E-state index in [-0.39, 0.29) is 23.9 Å². The topological polar surface area (TPSA) is 87.2 Å². The molecular formula is C12H15Br2N3O2S. The second-order valence-corrected chi connectivity index (χ2v) is 7.97. The zero-order valence-corrected chi connectivity index (χ0v) is 15.1. The Balaban J connectivity index is 3.38. The van der Waals surface area contributed by atoms with Crippen LogP contribution in [-0.4, -0.2) is 25.3 Å². The van der Waals surface area contributed by atoms with Crippen molar-refractivity contribution in [1.29, 1.82) is 5.26 Å². The Morgan fingerprint density at radius 2 is 1.85 bits per heavy atom. The van der Waals surface area contributed by atoms with Gasteiger partial charge in [0.25, 0.3) is 0 Å². The summed E-state index contributed by atoms with van der Waals surface area (Å²) >= 11 is 6.48. The Labute approximate surface area is 136 Å². The van der Waals surface area contributed by atoms with E-state index >= 15 is 0 Å². The fourth-order valence-electron chi connectivity index (χ4n) is 1.76. The molecule has 0 amide bonds. The summed E-state index contributed by atoms with van der Waals surface area (Å²) in [6.45, 7) is 3.70. The van der Waals surface area contributed by atoms with Crippen LogP contribution in [-0.2, 0) is 10.0 Å². The summed E-state index contributed by atoms with van der Waals surface area (Å²) in [7, 11) is -3.72. The molecule has 0 fully saturated rings. The first kappa shape index (κ1) is 17.4. The zero-order valence-electron chi connectivity index (χ0n) is 11.1. The molecule has 0 saturated carbocycles. The number of nitrogen functional groups attached to an aromatic ring is 1. The first-order valence-corrected chi connectivity index (χ1v) is 8.87. The van der Waals surface area contributed by atoms with Gasteiger partial charge in [-0.3, -0.25) is 0 Å². The third-order valence-corrected chi connectivity index (χ3v) is 6.56. The minimum Gasteiger partial charge on any atom is -0.399 e. The number of sulfonamides is 1. The van der Waals surface area contributed by atoms with E-state index in [0.717, 1.165) is 0 Å². The summed E-state index contributed by atoms with van der Waals surface area (Å²) in [6, 6.07) is 4.80. The first-order valence-electron chi connectivity index (χ1n) is 5.85. The Kier molecular flexibility index (Phi) is 6.01. The van der Waals surface area contributed by atoms with E-state index in [4.69, 9.17) is 11.0 Å². The van der Waals surface area contributed by atoms with Gasteiger partial charge in [-0.05, 0) is 57.8 Å². The highest BCUT2D eigenvalue weighted by Gasteiger charge is 2.30. The molecule has 0 bridgehead atoms. The molecule has 0 aliphatic rings. The summed E-state index contributed by atoms with van der Waals surface area (Å²) in [6.07, 6.45) is 0.140. The number of rotatable bonds is 5. The Morgan fingerprint density at radius 3 is 2.25 bits per heavy atom. The van der Waals surface area contributed by atoms with Gasteiger partial charge in [-0.2, -0.15) is 9.57 Å². The average Bonchev–Trinajstić information content (AvgIpc) is 2.26. The van der Waals surface area contributed by atoms with Crippen molar-refractivity contribution in [2.45, 2.75) is 31.2 Å². The number of nitrogens with two attached hydrogens (primary N) is 1. The van der Waals surface area contributed by atoms with Crippen molar-refractivity contribution in [2.24, 2.45) is 0 Å². The minimum atomic E-state index is -3.72. The van der Waals surface area contributed by atoms with E-state index in [0.29, 0.717) is 14.6 Å². The number of hydrogen-bond acceptors (Lipinski definition) is 4. The Bertz CT molecular complexity index is 616. The number of benzene rings is 1. The Morgan fingerprint density at radius 1 is 1.35 bits per heavy atom. The van der Waals surface area contributed by atoms with Crippen LogP contribution in [0.15, 0.2) is 26.0 Å². The molecule has 8 heteroatoms. The number of nitrogens with zero attached hydrogens (tertiary/aromatic N) is 2. The lowest BCUT2D eigenvalue weighted by molar-refractivity contribution is 0.360. The molecule has 0 aliphatic heterocycles. The lowest BCUT2D eigenvalue weighted by Crippen LogP contribution is -2.38. The normalized spacial score (nSPS) is 11.8. The lowest BCUT2D eigenvalue weighted by Gasteiger charge is -2.26. The van der Waals surface area contributed by atoms with E-state index in [1.807, 2.05) is 6.07 Å². The van der Waals surface area contributed by atoms with Crippen molar-refractivity contribution < 1.29 is 8.42 Å². The van der Waals surface area contributed by atoms with Gasteiger partial charge in [0.15, 0.2) is 0 Å². The summed E-state index contributed by atoms with van der Waals surface area (Å²) in [5.41, 5.74) is 6.13. The van der Waals surface area contributed by atoms with Crippen LogP contribution in [0.5, 0.6) is 0 Å². The molecule has 1 rings (SSSR count). The van der Waals surface area contributed by atoms with Crippen molar-refractivity contribution in [3.8, 4) is 6.07 Å². The molecule has 0 atom stereocenters. The lowest BCUT2D eigenvalue weighted by atomic mass is 10.3. The third kappa shape index (κ3) is 3.73. The van der Waals surface area contributed by atoms with Crippen LogP contribution in [0.25, 0.3) is 0 Å². The monoisotopic (exact) mass is 423 g/mol. The zero-order chi connectivity index (χ0) is 15.5. The number of anilines is 1. The quantitative estimate of drug-likeness (QED) is 0.735. The van der Waals surface area contributed by atoms with E-state index in [2.05, 4.69) is 31.9 Å². The highest BCUT2D eigenvalue weighted by molar-refractivity contribution is 9.11. The van der Waals surface area contributed by atoms with Gasteiger partial charge >= 0.3 is 0 Å². The van der Waals surface area contributed by atoms with E-state index in [1.54, 1.807) is 26.0 Å². The minimum absolute atomic E-state index is 0.123. The van der Waals surface area contributed by atoms with Crippen LogP contribution in [0.2, 0.25) is 0 Å². The van der Waals surface area contributed by atoms with Crippen LogP contribution in [0.1, 0.15) is 20.3 Å². The van der Waals surface area contributed by atoms with Crippen molar-refractivity contribution in [3.05, 3.63) is 21.1 Å². The van der Waals surface area contributed by atoms with Crippen LogP contribution in [0, 0.1) is 11.3 Å². The molecule has 0 aliphatic carbocycles. The predicted molar refractivity (Wildman–Crippen MR) is 85.5 cm³/mol. The molecule has 0 unspecified atom stereocenters. The van der Waals surface area contributed by atoms with Crippen molar-refractivity contribution in [1.82, 2.24) is 4.31 Å². The van der Waals surface area contributed by atoms with Gasteiger partial charge in [0, 0.05) is 33.6 Å². The molecular weight excluding hydrogens is 410 g/mol. The molecule has 0 radical (unpaired) electrons. The molecule has 1 aromatic rings. The second kappa shape index (κ2) is 6.89. The molecule has 0 spiro atoms. The maximum absolute atomic E-state index is 12.7. The van der Waals surface area contributed by atoms with Crippen molar-refractivity contribution in [2.75, 3.05) is 12.3 Å². The average molecular weight is 425 g/mol. The molecule has 110 valence electrons. The summed E-state index contributed by atoms with van der Waals surface area (Å²) in [5.74, 6) is 0. The molecule has 0 heterocycles. The van der Waals surface area contributed by atoms with Crippen LogP contribution in [0.3, 0.4) is 0 Å². The third-order valence-electron chi connectivity index (χ3n) is 2.61. The van der Waals surface area contributed by atoms with Crippen LogP contribution < -0.4 is 5.73 Å². The van der Waals surface area contributed by atoms with Crippen LogP contribution >= 0.6 is 31.9 Å². The molecule has 0 saturated heterocycles. The highest BCUT2D eigenvalue weighted by atomic mass is 79.9. The summed E-state index contributed by atoms with van der Waals surface area (Å²) in [4.78, 5) is 0.123. The van der Waals surface area contributed by atoms with Gasteiger partial charge in [-0.1, -0.05) is 0 Å². The number of halogens is 2. The van der Waals surface area contributed by atoms with Crippen molar-refractivity contribution >= 4 is 47.6 Å². The fourth-order valence-corrected chi connectivity index (χ4v) is 5.94. The smallest absolute Gasteiger partial charge is 0.245 e. The van der Waals surface area contributed by atoms with Crippen LogP contribution in [0.4, 0.5) is 5.69 Å². The predicted octanol–water partition coefficient (Wildman–Crippen LogP) is 3.11. The van der Waals surface area contributed by atoms with Gasteiger partial charge in [0.2, 0.25) is 10.0 Å². The van der Waals surface area contributed by atoms with Gasteiger partial charge in [-0.25, -0.2) is 8.42 Å². The van der Waals surface area contributed by atoms with E-state index < -0.39 is 10.0 Å². The Hall–Kier alpha value is -0.620. The SMILES string of the molecule is CC(C)N(CCC#N)S(=O)(=O)c1c(Br)cc(N)cc1Br. The summed E-state index contributed by atoms with van der Waals surface area (Å²) in [5, 5.41) is 8.67. The molecule has 0 aromatic heterocycles. The number of nitriles is 1. The molecule has 1 aromatic carbocycles. The van der Waals surface area contributed by atoms with Gasteiger partial charge in [-0.15, -0.1) is 0 Å². The fraction of sp³-hybridized carbons (Fsp3) is 0.417. The highest BCUT2D eigenvalue weighted by Crippen LogP contribution is 2.35. The molecule has 20 heavy (non-hydrogen) atoms. The van der Waals surface area contributed by atoms with Crippen molar-refractivity contribution in [3.63, 3.8) is 0 Å². The van der Waals surface area contributed by atoms with E-state index in [9.17, 15) is 8.42 Å². The first-order chi connectivity index (χ1) is 9.21. The molecule has 5 nitrogen and oxygen atoms in total. The molecule has 2 N–H and O–H groups in total. The van der Waals surface area contributed by atoms with Gasteiger partial charge in [0.05, 0.1) is 6.07 Å². The maximum Gasteiger partial charge on any atom is 0.245 e. The van der Waals surface area contributed by atoms with Gasteiger partial charge in [0.1, 0.15) is 4.90 Å². The maximum atomic E-state index is 12.7. The number of hydrogen-bond donors (Lipinski definition) is 1. The van der Waals surface area contributed by atoms with E-state index in [1.165, 1.54) is 4.31 Å².